The van der Waals surface area contributed by atoms with E-state index in [0.29, 0.717) is 31.2 Å². The van der Waals surface area contributed by atoms with E-state index in [1.54, 1.807) is 25.2 Å². The van der Waals surface area contributed by atoms with E-state index < -0.39 is 6.61 Å². The molecule has 1 aliphatic heterocycles. The van der Waals surface area contributed by atoms with Crippen molar-refractivity contribution >= 4 is 5.96 Å². The Morgan fingerprint density at radius 2 is 1.59 bits per heavy atom. The molecule has 1 fully saturated rings. The molecular weight excluding hydrogens is 418 g/mol. The van der Waals surface area contributed by atoms with Crippen molar-refractivity contribution in [2.24, 2.45) is 4.99 Å². The third-order valence-electron chi connectivity index (χ3n) is 5.05. The van der Waals surface area contributed by atoms with E-state index in [1.807, 2.05) is 24.3 Å². The molecular formula is C23H30F2N4O3. The number of halogens is 2. The van der Waals surface area contributed by atoms with Crippen LogP contribution in [0.3, 0.4) is 0 Å². The molecule has 1 aliphatic rings. The second kappa shape index (κ2) is 12.8. The smallest absolute Gasteiger partial charge is 0.387 e. The van der Waals surface area contributed by atoms with E-state index >= 15 is 0 Å². The van der Waals surface area contributed by atoms with Crippen LogP contribution in [0, 0.1) is 0 Å². The zero-order chi connectivity index (χ0) is 22.6. The summed E-state index contributed by atoms with van der Waals surface area (Å²) in [5.74, 6) is 1.50. The molecule has 1 heterocycles. The number of aliphatic imine (C=N–C) groups is 1. The Balaban J connectivity index is 1.50. The quantitative estimate of drug-likeness (QED) is 0.431. The molecule has 2 aromatic carbocycles. The van der Waals surface area contributed by atoms with Crippen molar-refractivity contribution in [3.8, 4) is 11.5 Å². The lowest BCUT2D eigenvalue weighted by atomic mass is 10.2. The molecule has 0 radical (unpaired) electrons. The first-order chi connectivity index (χ1) is 15.7. The largest absolute Gasteiger partial charge is 0.492 e. The van der Waals surface area contributed by atoms with Gasteiger partial charge in [-0.3, -0.25) is 9.89 Å². The Labute approximate surface area is 187 Å². The molecule has 0 bridgehead atoms. The first-order valence-electron chi connectivity index (χ1n) is 10.6. The molecule has 0 aliphatic carbocycles. The summed E-state index contributed by atoms with van der Waals surface area (Å²) in [5.41, 5.74) is 1.61. The highest BCUT2D eigenvalue weighted by Gasteiger charge is 2.12. The van der Waals surface area contributed by atoms with Crippen LogP contribution >= 0.6 is 0 Å². The van der Waals surface area contributed by atoms with Crippen molar-refractivity contribution in [1.29, 1.82) is 0 Å². The number of nitrogens with one attached hydrogen (secondary N) is 2. The van der Waals surface area contributed by atoms with Gasteiger partial charge in [0, 0.05) is 50.9 Å². The van der Waals surface area contributed by atoms with Crippen LogP contribution in [0.4, 0.5) is 8.78 Å². The van der Waals surface area contributed by atoms with Gasteiger partial charge in [0.25, 0.3) is 0 Å². The number of rotatable bonds is 10. The fraction of sp³-hybridized carbons (Fsp3) is 0.435. The summed E-state index contributed by atoms with van der Waals surface area (Å²) in [6.45, 7) is 2.78. The number of nitrogens with zero attached hydrogens (tertiary/aromatic N) is 2. The van der Waals surface area contributed by atoms with E-state index in [2.05, 4.69) is 25.3 Å². The maximum absolute atomic E-state index is 12.6. The van der Waals surface area contributed by atoms with Crippen LogP contribution in [0.5, 0.6) is 11.5 Å². The summed E-state index contributed by atoms with van der Waals surface area (Å²) in [6.07, 6.45) is 0. The fourth-order valence-corrected chi connectivity index (χ4v) is 3.34. The molecule has 1 saturated heterocycles. The van der Waals surface area contributed by atoms with E-state index in [9.17, 15) is 8.78 Å². The molecule has 9 heteroatoms. The highest BCUT2D eigenvalue weighted by molar-refractivity contribution is 5.79. The number of alkyl halides is 2. The molecule has 0 aromatic heterocycles. The Morgan fingerprint density at radius 3 is 2.22 bits per heavy atom. The standard InChI is InChI=1S/C23H30F2N4O3/c1-26-23(28-17-19-7-3-5-9-21(19)32-22(24)25)27-16-18-6-2-4-8-20(18)31-15-12-29-10-13-30-14-11-29/h2-9,22H,10-17H2,1H3,(H2,26,27,28). The van der Waals surface area contributed by atoms with Gasteiger partial charge in [-0.1, -0.05) is 36.4 Å². The molecule has 0 atom stereocenters. The Hall–Kier alpha value is -2.91. The van der Waals surface area contributed by atoms with Crippen LogP contribution in [0.1, 0.15) is 11.1 Å². The van der Waals surface area contributed by atoms with Gasteiger partial charge in [-0.15, -0.1) is 0 Å². The number of benzene rings is 2. The highest BCUT2D eigenvalue weighted by atomic mass is 19.3. The average molecular weight is 449 g/mol. The summed E-state index contributed by atoms with van der Waals surface area (Å²) in [7, 11) is 1.65. The maximum atomic E-state index is 12.6. The summed E-state index contributed by atoms with van der Waals surface area (Å²) in [4.78, 5) is 6.53. The predicted octanol–water partition coefficient (Wildman–Crippen LogP) is 2.86. The molecule has 2 aromatic rings. The minimum absolute atomic E-state index is 0.143. The molecule has 0 spiro atoms. The molecule has 0 amide bonds. The van der Waals surface area contributed by atoms with Gasteiger partial charge in [0.05, 0.1) is 13.2 Å². The number of ether oxygens (including phenoxy) is 3. The molecule has 0 saturated carbocycles. The van der Waals surface area contributed by atoms with Gasteiger partial charge in [-0.25, -0.2) is 0 Å². The maximum Gasteiger partial charge on any atom is 0.387 e. The Bertz CT molecular complexity index is 861. The molecule has 2 N–H and O–H groups in total. The first-order valence-corrected chi connectivity index (χ1v) is 10.6. The van der Waals surface area contributed by atoms with Crippen molar-refractivity contribution in [3.63, 3.8) is 0 Å². The highest BCUT2D eigenvalue weighted by Crippen LogP contribution is 2.20. The Morgan fingerprint density at radius 1 is 1.00 bits per heavy atom. The summed E-state index contributed by atoms with van der Waals surface area (Å²) >= 11 is 0. The van der Waals surface area contributed by atoms with Crippen LogP contribution in [0.15, 0.2) is 53.5 Å². The molecule has 0 unspecified atom stereocenters. The van der Waals surface area contributed by atoms with Crippen molar-refractivity contribution in [2.45, 2.75) is 19.7 Å². The van der Waals surface area contributed by atoms with Crippen molar-refractivity contribution < 1.29 is 23.0 Å². The van der Waals surface area contributed by atoms with Gasteiger partial charge >= 0.3 is 6.61 Å². The normalized spacial score (nSPS) is 14.9. The number of morpholine rings is 1. The molecule has 7 nitrogen and oxygen atoms in total. The number of para-hydroxylation sites is 2. The topological polar surface area (TPSA) is 67.4 Å². The third-order valence-corrected chi connectivity index (χ3v) is 5.05. The van der Waals surface area contributed by atoms with Gasteiger partial charge in [-0.05, 0) is 12.1 Å². The van der Waals surface area contributed by atoms with Crippen LogP contribution < -0.4 is 20.1 Å². The second-order valence-corrected chi connectivity index (χ2v) is 7.18. The fourth-order valence-electron chi connectivity index (χ4n) is 3.34. The lowest BCUT2D eigenvalue weighted by Gasteiger charge is -2.26. The predicted molar refractivity (Wildman–Crippen MR) is 119 cm³/mol. The second-order valence-electron chi connectivity index (χ2n) is 7.18. The lowest BCUT2D eigenvalue weighted by molar-refractivity contribution is -0.0504. The van der Waals surface area contributed by atoms with Gasteiger partial charge in [0.15, 0.2) is 5.96 Å². The van der Waals surface area contributed by atoms with Crippen LogP contribution in [-0.4, -0.2) is 64.0 Å². The van der Waals surface area contributed by atoms with Gasteiger partial charge in [0.2, 0.25) is 0 Å². The molecule has 174 valence electrons. The zero-order valence-corrected chi connectivity index (χ0v) is 18.2. The first kappa shape index (κ1) is 23.7. The zero-order valence-electron chi connectivity index (χ0n) is 18.2. The minimum Gasteiger partial charge on any atom is -0.492 e. The van der Waals surface area contributed by atoms with E-state index in [0.717, 1.165) is 44.2 Å². The Kier molecular flexibility index (Phi) is 9.52. The minimum atomic E-state index is -2.87. The average Bonchev–Trinajstić information content (AvgIpc) is 2.81. The van der Waals surface area contributed by atoms with Gasteiger partial charge in [-0.2, -0.15) is 8.78 Å². The summed E-state index contributed by atoms with van der Waals surface area (Å²) in [6, 6.07) is 14.5. The number of guanidine groups is 1. The number of hydrogen-bond donors (Lipinski definition) is 2. The van der Waals surface area contributed by atoms with Crippen molar-refractivity contribution in [1.82, 2.24) is 15.5 Å². The third kappa shape index (κ3) is 7.65. The van der Waals surface area contributed by atoms with Gasteiger partial charge < -0.3 is 24.8 Å². The van der Waals surface area contributed by atoms with E-state index in [1.165, 1.54) is 6.07 Å². The molecule has 3 rings (SSSR count). The van der Waals surface area contributed by atoms with Crippen LogP contribution in [0.25, 0.3) is 0 Å². The summed E-state index contributed by atoms with van der Waals surface area (Å²) < 4.78 is 41.2. The summed E-state index contributed by atoms with van der Waals surface area (Å²) in [5, 5.41) is 6.37. The number of hydrogen-bond acceptors (Lipinski definition) is 5. The monoisotopic (exact) mass is 448 g/mol. The van der Waals surface area contributed by atoms with Gasteiger partial charge in [0.1, 0.15) is 18.1 Å². The van der Waals surface area contributed by atoms with Crippen molar-refractivity contribution in [2.75, 3.05) is 46.5 Å². The SMILES string of the molecule is CN=C(NCc1ccccc1OCCN1CCOCC1)NCc1ccccc1OC(F)F. The van der Waals surface area contributed by atoms with Crippen LogP contribution in [-0.2, 0) is 17.8 Å². The van der Waals surface area contributed by atoms with Crippen LogP contribution in [0.2, 0.25) is 0 Å². The van der Waals surface area contributed by atoms with E-state index in [-0.39, 0.29) is 5.75 Å². The molecule has 32 heavy (non-hydrogen) atoms. The lowest BCUT2D eigenvalue weighted by Crippen LogP contribution is -2.38. The van der Waals surface area contributed by atoms with E-state index in [4.69, 9.17) is 9.47 Å². The van der Waals surface area contributed by atoms with Crippen molar-refractivity contribution in [3.05, 3.63) is 59.7 Å².